The van der Waals surface area contributed by atoms with E-state index in [1.54, 1.807) is 7.11 Å². The zero-order valence-electron chi connectivity index (χ0n) is 8.53. The first-order valence-electron chi connectivity index (χ1n) is 4.88. The van der Waals surface area contributed by atoms with Crippen LogP contribution in [0, 0.1) is 0 Å². The number of hydrogen-bond donors (Lipinski definition) is 1. The van der Waals surface area contributed by atoms with Crippen LogP contribution in [0.1, 0.15) is 25.5 Å². The fourth-order valence-electron chi connectivity index (χ4n) is 1.83. The third-order valence-corrected chi connectivity index (χ3v) is 3.03. The Balaban J connectivity index is 2.32. The van der Waals surface area contributed by atoms with Crippen molar-refractivity contribution in [1.82, 2.24) is 4.98 Å². The highest BCUT2D eigenvalue weighted by Gasteiger charge is 2.49. The van der Waals surface area contributed by atoms with Gasteiger partial charge in [0.05, 0.1) is 18.9 Å². The van der Waals surface area contributed by atoms with Crippen molar-refractivity contribution in [2.75, 3.05) is 7.11 Å². The summed E-state index contributed by atoms with van der Waals surface area (Å²) in [6.07, 6.45) is 1.71. The number of aliphatic hydroxyl groups excluding tert-OH is 1. The van der Waals surface area contributed by atoms with E-state index in [0.29, 0.717) is 5.88 Å². The van der Waals surface area contributed by atoms with Crippen LogP contribution in [0.15, 0.2) is 18.2 Å². The van der Waals surface area contributed by atoms with Crippen LogP contribution in [0.4, 0.5) is 0 Å². The van der Waals surface area contributed by atoms with E-state index in [1.165, 1.54) is 0 Å². The Kier molecular flexibility index (Phi) is 2.19. The van der Waals surface area contributed by atoms with Crippen molar-refractivity contribution in [3.8, 4) is 5.88 Å². The second-order valence-electron chi connectivity index (χ2n) is 3.90. The van der Waals surface area contributed by atoms with E-state index in [9.17, 15) is 5.11 Å². The van der Waals surface area contributed by atoms with Gasteiger partial charge in [0, 0.05) is 11.5 Å². The largest absolute Gasteiger partial charge is 0.481 e. The van der Waals surface area contributed by atoms with Gasteiger partial charge < -0.3 is 9.84 Å². The molecule has 1 fully saturated rings. The SMILES string of the molecule is COc1cccc(C2(C(C)O)CC2)n1. The molecule has 1 aromatic heterocycles. The normalized spacial score (nSPS) is 20.2. The van der Waals surface area contributed by atoms with Crippen LogP contribution in [0.5, 0.6) is 5.88 Å². The number of nitrogens with zero attached hydrogens (tertiary/aromatic N) is 1. The molecule has 1 saturated carbocycles. The summed E-state index contributed by atoms with van der Waals surface area (Å²) in [5.41, 5.74) is 0.848. The molecule has 0 spiro atoms. The first kappa shape index (κ1) is 9.46. The molecule has 1 unspecified atom stereocenters. The molecule has 0 bridgehead atoms. The first-order valence-corrected chi connectivity index (χ1v) is 4.88. The fourth-order valence-corrected chi connectivity index (χ4v) is 1.83. The van der Waals surface area contributed by atoms with Crippen molar-refractivity contribution >= 4 is 0 Å². The average Bonchev–Trinajstić information content (AvgIpc) is 2.98. The van der Waals surface area contributed by atoms with Crippen LogP contribution >= 0.6 is 0 Å². The van der Waals surface area contributed by atoms with Gasteiger partial charge in [0.25, 0.3) is 0 Å². The summed E-state index contributed by atoms with van der Waals surface area (Å²) in [6, 6.07) is 5.70. The zero-order valence-corrected chi connectivity index (χ0v) is 8.53. The van der Waals surface area contributed by atoms with Gasteiger partial charge in [0.15, 0.2) is 0 Å². The van der Waals surface area contributed by atoms with Gasteiger partial charge in [-0.05, 0) is 25.8 Å². The molecule has 76 valence electrons. The Morgan fingerprint density at radius 1 is 1.50 bits per heavy atom. The lowest BCUT2D eigenvalue weighted by molar-refractivity contribution is 0.148. The summed E-state index contributed by atoms with van der Waals surface area (Å²) in [5, 5.41) is 9.68. The highest BCUT2D eigenvalue weighted by atomic mass is 16.5. The summed E-state index contributed by atoms with van der Waals surface area (Å²) in [5.74, 6) is 0.620. The monoisotopic (exact) mass is 193 g/mol. The number of pyridine rings is 1. The minimum atomic E-state index is -0.331. The smallest absolute Gasteiger partial charge is 0.213 e. The quantitative estimate of drug-likeness (QED) is 0.791. The topological polar surface area (TPSA) is 42.4 Å². The Morgan fingerprint density at radius 2 is 2.21 bits per heavy atom. The van der Waals surface area contributed by atoms with E-state index in [-0.39, 0.29) is 11.5 Å². The van der Waals surface area contributed by atoms with Crippen molar-refractivity contribution in [3.63, 3.8) is 0 Å². The van der Waals surface area contributed by atoms with Crippen molar-refractivity contribution in [2.24, 2.45) is 0 Å². The summed E-state index contributed by atoms with van der Waals surface area (Å²) in [4.78, 5) is 4.36. The molecule has 1 aromatic rings. The molecule has 0 amide bonds. The predicted molar refractivity (Wildman–Crippen MR) is 53.4 cm³/mol. The summed E-state index contributed by atoms with van der Waals surface area (Å²) in [6.45, 7) is 1.83. The third-order valence-electron chi connectivity index (χ3n) is 3.03. The van der Waals surface area contributed by atoms with E-state index in [4.69, 9.17) is 4.74 Å². The molecule has 14 heavy (non-hydrogen) atoms. The maximum atomic E-state index is 9.68. The lowest BCUT2D eigenvalue weighted by Crippen LogP contribution is -2.23. The van der Waals surface area contributed by atoms with E-state index in [0.717, 1.165) is 18.5 Å². The molecule has 1 heterocycles. The van der Waals surface area contributed by atoms with Gasteiger partial charge in [-0.2, -0.15) is 0 Å². The Morgan fingerprint density at radius 3 is 2.71 bits per heavy atom. The van der Waals surface area contributed by atoms with Gasteiger partial charge in [0.2, 0.25) is 5.88 Å². The zero-order chi connectivity index (χ0) is 10.2. The highest BCUT2D eigenvalue weighted by Crippen LogP contribution is 2.50. The van der Waals surface area contributed by atoms with Crippen LogP contribution in [0.2, 0.25) is 0 Å². The second-order valence-corrected chi connectivity index (χ2v) is 3.90. The summed E-state index contributed by atoms with van der Waals surface area (Å²) in [7, 11) is 1.61. The number of aromatic nitrogens is 1. The minimum absolute atomic E-state index is 0.103. The molecule has 1 aliphatic rings. The van der Waals surface area contributed by atoms with Crippen LogP contribution in [0.3, 0.4) is 0 Å². The predicted octanol–water partition coefficient (Wildman–Crippen LogP) is 1.50. The molecule has 0 aliphatic heterocycles. The van der Waals surface area contributed by atoms with Gasteiger partial charge in [-0.15, -0.1) is 0 Å². The van der Waals surface area contributed by atoms with Gasteiger partial charge in [-0.1, -0.05) is 6.07 Å². The Hall–Kier alpha value is -1.09. The molecular formula is C11H15NO2. The molecular weight excluding hydrogens is 178 g/mol. The van der Waals surface area contributed by atoms with Crippen LogP contribution in [0.25, 0.3) is 0 Å². The van der Waals surface area contributed by atoms with Crippen molar-refractivity contribution in [1.29, 1.82) is 0 Å². The molecule has 0 aromatic carbocycles. The summed E-state index contributed by atoms with van der Waals surface area (Å²) < 4.78 is 5.06. The number of ether oxygens (including phenoxy) is 1. The first-order chi connectivity index (χ1) is 6.69. The van der Waals surface area contributed by atoms with Gasteiger partial charge in [-0.25, -0.2) is 4.98 Å². The van der Waals surface area contributed by atoms with Crippen molar-refractivity contribution < 1.29 is 9.84 Å². The molecule has 0 radical (unpaired) electrons. The van der Waals surface area contributed by atoms with Gasteiger partial charge >= 0.3 is 0 Å². The third kappa shape index (κ3) is 1.38. The van der Waals surface area contributed by atoms with Gasteiger partial charge in [0.1, 0.15) is 0 Å². The fraction of sp³-hybridized carbons (Fsp3) is 0.545. The second kappa shape index (κ2) is 3.24. The standard InChI is InChI=1S/C11H15NO2/c1-8(13)11(6-7-11)9-4-3-5-10(12-9)14-2/h3-5,8,13H,6-7H2,1-2H3. The minimum Gasteiger partial charge on any atom is -0.481 e. The maximum absolute atomic E-state index is 9.68. The molecule has 3 nitrogen and oxygen atoms in total. The number of rotatable bonds is 3. The number of hydrogen-bond acceptors (Lipinski definition) is 3. The Labute approximate surface area is 83.7 Å². The molecule has 1 aliphatic carbocycles. The van der Waals surface area contributed by atoms with Crippen molar-refractivity contribution in [2.45, 2.75) is 31.3 Å². The van der Waals surface area contributed by atoms with E-state index in [1.807, 2.05) is 25.1 Å². The van der Waals surface area contributed by atoms with E-state index < -0.39 is 0 Å². The van der Waals surface area contributed by atoms with E-state index in [2.05, 4.69) is 4.98 Å². The summed E-state index contributed by atoms with van der Waals surface area (Å²) >= 11 is 0. The van der Waals surface area contributed by atoms with E-state index >= 15 is 0 Å². The number of methoxy groups -OCH3 is 1. The maximum Gasteiger partial charge on any atom is 0.213 e. The molecule has 2 rings (SSSR count). The molecule has 1 atom stereocenters. The molecule has 1 N–H and O–H groups in total. The highest BCUT2D eigenvalue weighted by molar-refractivity contribution is 5.29. The van der Waals surface area contributed by atoms with Crippen LogP contribution in [-0.4, -0.2) is 23.3 Å². The average molecular weight is 193 g/mol. The van der Waals surface area contributed by atoms with Crippen LogP contribution < -0.4 is 4.74 Å². The lowest BCUT2D eigenvalue weighted by atomic mass is 9.96. The van der Waals surface area contributed by atoms with Crippen molar-refractivity contribution in [3.05, 3.63) is 23.9 Å². The lowest BCUT2D eigenvalue weighted by Gasteiger charge is -2.18. The Bertz CT molecular complexity index is 332. The molecule has 3 heteroatoms. The van der Waals surface area contributed by atoms with Crippen LogP contribution in [-0.2, 0) is 5.41 Å². The van der Waals surface area contributed by atoms with Gasteiger partial charge in [-0.3, -0.25) is 0 Å². The number of aliphatic hydroxyl groups is 1. The molecule has 0 saturated heterocycles.